The molecular formula is C22H24N2O6. The summed E-state index contributed by atoms with van der Waals surface area (Å²) < 4.78 is 10.9. The maximum absolute atomic E-state index is 12.8. The largest absolute Gasteiger partial charge is 0.494 e. The molecule has 1 heterocycles. The van der Waals surface area contributed by atoms with Gasteiger partial charge in [0.25, 0.3) is 5.69 Å². The van der Waals surface area contributed by atoms with Gasteiger partial charge in [0, 0.05) is 19.0 Å². The van der Waals surface area contributed by atoms with E-state index in [4.69, 9.17) is 9.47 Å². The molecule has 1 amide bonds. The zero-order valence-corrected chi connectivity index (χ0v) is 17.2. The monoisotopic (exact) mass is 412 g/mol. The summed E-state index contributed by atoms with van der Waals surface area (Å²) in [5, 5.41) is 11.0. The van der Waals surface area contributed by atoms with Crippen LogP contribution in [0.3, 0.4) is 0 Å². The predicted octanol–water partition coefficient (Wildman–Crippen LogP) is 4.08. The summed E-state index contributed by atoms with van der Waals surface area (Å²) in [5.74, 6) is -0.423. The summed E-state index contributed by atoms with van der Waals surface area (Å²) in [6.07, 6.45) is 0.911. The number of benzene rings is 2. The highest BCUT2D eigenvalue weighted by atomic mass is 16.6. The SMILES string of the molecule is CC[C@H](C)c1ccccc1OC(=O)[C@H]1CC(=O)N(c2ccc([N+](=O)[O-])cc2OC)C1. The van der Waals surface area contributed by atoms with Crippen molar-refractivity contribution in [2.24, 2.45) is 5.92 Å². The van der Waals surface area contributed by atoms with Crippen molar-refractivity contribution in [1.82, 2.24) is 0 Å². The summed E-state index contributed by atoms with van der Waals surface area (Å²) >= 11 is 0. The van der Waals surface area contributed by atoms with Gasteiger partial charge in [-0.3, -0.25) is 19.7 Å². The third kappa shape index (κ3) is 4.27. The molecule has 0 unspecified atom stereocenters. The van der Waals surface area contributed by atoms with Gasteiger partial charge in [0.2, 0.25) is 5.91 Å². The van der Waals surface area contributed by atoms with Crippen LogP contribution in [-0.2, 0) is 9.59 Å². The molecule has 2 aromatic carbocycles. The molecule has 1 aliphatic heterocycles. The average Bonchev–Trinajstić information content (AvgIpc) is 3.14. The number of methoxy groups -OCH3 is 1. The number of carbonyl (C=O) groups is 2. The lowest BCUT2D eigenvalue weighted by molar-refractivity contribution is -0.384. The Kier molecular flexibility index (Phi) is 6.34. The van der Waals surface area contributed by atoms with Crippen LogP contribution in [0.15, 0.2) is 42.5 Å². The molecule has 0 N–H and O–H groups in total. The van der Waals surface area contributed by atoms with E-state index in [0.29, 0.717) is 11.4 Å². The number of rotatable bonds is 7. The maximum Gasteiger partial charge on any atom is 0.316 e. The van der Waals surface area contributed by atoms with E-state index >= 15 is 0 Å². The fourth-order valence-electron chi connectivity index (χ4n) is 3.49. The lowest BCUT2D eigenvalue weighted by Gasteiger charge is -2.19. The Morgan fingerprint density at radius 2 is 2.00 bits per heavy atom. The molecule has 0 aliphatic carbocycles. The van der Waals surface area contributed by atoms with Gasteiger partial charge in [0.15, 0.2) is 0 Å². The molecule has 1 saturated heterocycles. The fraction of sp³-hybridized carbons (Fsp3) is 0.364. The second-order valence-electron chi connectivity index (χ2n) is 7.29. The van der Waals surface area contributed by atoms with E-state index in [2.05, 4.69) is 13.8 Å². The summed E-state index contributed by atoms with van der Waals surface area (Å²) in [4.78, 5) is 37.2. The van der Waals surface area contributed by atoms with Gasteiger partial charge in [0.1, 0.15) is 11.5 Å². The molecule has 2 atom stereocenters. The Bertz CT molecular complexity index is 974. The number of para-hydroxylation sites is 1. The molecule has 8 nitrogen and oxygen atoms in total. The Morgan fingerprint density at radius 3 is 2.67 bits per heavy atom. The Labute approximate surface area is 174 Å². The van der Waals surface area contributed by atoms with Crippen LogP contribution in [0.1, 0.15) is 38.2 Å². The molecule has 1 fully saturated rings. The zero-order chi connectivity index (χ0) is 21.8. The first-order valence-corrected chi connectivity index (χ1v) is 9.79. The molecule has 8 heteroatoms. The van der Waals surface area contributed by atoms with Crippen LogP contribution in [0.4, 0.5) is 11.4 Å². The van der Waals surface area contributed by atoms with Crippen LogP contribution >= 0.6 is 0 Å². The number of hydrogen-bond acceptors (Lipinski definition) is 6. The molecule has 3 rings (SSSR count). The lowest BCUT2D eigenvalue weighted by atomic mass is 9.98. The van der Waals surface area contributed by atoms with Crippen LogP contribution in [0, 0.1) is 16.0 Å². The van der Waals surface area contributed by atoms with Crippen molar-refractivity contribution < 1.29 is 24.0 Å². The molecule has 158 valence electrons. The smallest absolute Gasteiger partial charge is 0.316 e. The van der Waals surface area contributed by atoms with Crippen LogP contribution < -0.4 is 14.4 Å². The lowest BCUT2D eigenvalue weighted by Crippen LogP contribution is -2.27. The number of nitro groups is 1. The van der Waals surface area contributed by atoms with Crippen LogP contribution in [-0.4, -0.2) is 30.5 Å². The van der Waals surface area contributed by atoms with Gasteiger partial charge in [-0.05, 0) is 30.0 Å². The minimum absolute atomic E-state index is 0.00444. The predicted molar refractivity (Wildman–Crippen MR) is 111 cm³/mol. The Hall–Kier alpha value is -3.42. The van der Waals surface area contributed by atoms with E-state index in [1.165, 1.54) is 30.2 Å². The second kappa shape index (κ2) is 8.94. The molecule has 0 aromatic heterocycles. The van der Waals surface area contributed by atoms with Crippen molar-refractivity contribution in [2.45, 2.75) is 32.6 Å². The van der Waals surface area contributed by atoms with Crippen molar-refractivity contribution in [2.75, 3.05) is 18.6 Å². The fourth-order valence-corrected chi connectivity index (χ4v) is 3.49. The Balaban J connectivity index is 1.78. The molecule has 1 aliphatic rings. The number of nitrogens with zero attached hydrogens (tertiary/aromatic N) is 2. The average molecular weight is 412 g/mol. The summed E-state index contributed by atoms with van der Waals surface area (Å²) in [6, 6.07) is 11.4. The molecule has 0 spiro atoms. The van der Waals surface area contributed by atoms with E-state index in [1.807, 2.05) is 18.2 Å². The number of ether oxygens (including phenoxy) is 2. The van der Waals surface area contributed by atoms with Gasteiger partial charge in [0.05, 0.1) is 29.7 Å². The standard InChI is InChI=1S/C22H24N2O6/c1-4-14(2)17-7-5-6-8-19(17)30-22(26)15-11-21(25)23(13-15)18-10-9-16(24(27)28)12-20(18)29-3/h5-10,12,14-15H,4,11,13H2,1-3H3/t14-,15-/m0/s1. The highest BCUT2D eigenvalue weighted by molar-refractivity contribution is 6.01. The minimum atomic E-state index is -0.637. The third-order valence-corrected chi connectivity index (χ3v) is 5.40. The van der Waals surface area contributed by atoms with E-state index in [-0.39, 0.29) is 36.2 Å². The second-order valence-corrected chi connectivity index (χ2v) is 7.29. The molecule has 0 bridgehead atoms. The van der Waals surface area contributed by atoms with E-state index in [9.17, 15) is 19.7 Å². The first-order chi connectivity index (χ1) is 14.3. The Morgan fingerprint density at radius 1 is 1.27 bits per heavy atom. The van der Waals surface area contributed by atoms with E-state index in [0.717, 1.165) is 12.0 Å². The van der Waals surface area contributed by atoms with Crippen LogP contribution in [0.25, 0.3) is 0 Å². The molecule has 30 heavy (non-hydrogen) atoms. The number of esters is 1. The number of non-ortho nitro benzene ring substituents is 1. The van der Waals surface area contributed by atoms with Gasteiger partial charge in [-0.1, -0.05) is 32.0 Å². The summed E-state index contributed by atoms with van der Waals surface area (Å²) in [5.41, 5.74) is 1.20. The van der Waals surface area contributed by atoms with Gasteiger partial charge >= 0.3 is 5.97 Å². The van der Waals surface area contributed by atoms with E-state index in [1.54, 1.807) is 6.07 Å². The van der Waals surface area contributed by atoms with Crippen LogP contribution in [0.5, 0.6) is 11.5 Å². The topological polar surface area (TPSA) is 99.0 Å². The van der Waals surface area contributed by atoms with Gasteiger partial charge < -0.3 is 14.4 Å². The summed E-state index contributed by atoms with van der Waals surface area (Å²) in [6.45, 7) is 4.25. The highest BCUT2D eigenvalue weighted by Crippen LogP contribution is 2.36. The number of carbonyl (C=O) groups excluding carboxylic acids is 2. The molecule has 0 saturated carbocycles. The molecule has 2 aromatic rings. The van der Waals surface area contributed by atoms with Gasteiger partial charge in [-0.2, -0.15) is 0 Å². The van der Waals surface area contributed by atoms with Crippen molar-refractivity contribution in [3.05, 3.63) is 58.1 Å². The van der Waals surface area contributed by atoms with Crippen LogP contribution in [0.2, 0.25) is 0 Å². The van der Waals surface area contributed by atoms with Crippen molar-refractivity contribution in [3.63, 3.8) is 0 Å². The molecule has 0 radical (unpaired) electrons. The van der Waals surface area contributed by atoms with Crippen molar-refractivity contribution >= 4 is 23.3 Å². The van der Waals surface area contributed by atoms with Gasteiger partial charge in [-0.25, -0.2) is 0 Å². The van der Waals surface area contributed by atoms with E-state index < -0.39 is 16.8 Å². The normalized spacial score (nSPS) is 17.0. The zero-order valence-electron chi connectivity index (χ0n) is 17.2. The minimum Gasteiger partial charge on any atom is -0.494 e. The number of anilines is 1. The summed E-state index contributed by atoms with van der Waals surface area (Å²) in [7, 11) is 1.38. The van der Waals surface area contributed by atoms with Crippen molar-refractivity contribution in [1.29, 1.82) is 0 Å². The first-order valence-electron chi connectivity index (χ1n) is 9.79. The third-order valence-electron chi connectivity index (χ3n) is 5.40. The molecular weight excluding hydrogens is 388 g/mol. The first kappa shape index (κ1) is 21.3. The number of hydrogen-bond donors (Lipinski definition) is 0. The highest BCUT2D eigenvalue weighted by Gasteiger charge is 2.38. The maximum atomic E-state index is 12.8. The van der Waals surface area contributed by atoms with Crippen molar-refractivity contribution in [3.8, 4) is 11.5 Å². The number of nitro benzene ring substituents is 1. The number of amides is 1. The quantitative estimate of drug-likeness (QED) is 0.294. The van der Waals surface area contributed by atoms with Gasteiger partial charge in [-0.15, -0.1) is 0 Å².